The van der Waals surface area contributed by atoms with Gasteiger partial charge in [0.1, 0.15) is 0 Å². The van der Waals surface area contributed by atoms with Crippen molar-refractivity contribution in [2.45, 2.75) is 37.8 Å². The predicted octanol–water partition coefficient (Wildman–Crippen LogP) is 5.12. The number of hydrogen-bond donors (Lipinski definition) is 2. The number of aliphatic hydroxyl groups excluding tert-OH is 1. The summed E-state index contributed by atoms with van der Waals surface area (Å²) in [6, 6.07) is 27.1. The predicted molar refractivity (Wildman–Crippen MR) is 137 cm³/mol. The van der Waals surface area contributed by atoms with Crippen molar-refractivity contribution in [3.8, 4) is 11.1 Å². The molecule has 5 heteroatoms. The van der Waals surface area contributed by atoms with Crippen LogP contribution in [0.3, 0.4) is 0 Å². The first-order valence-corrected chi connectivity index (χ1v) is 12.3. The fourth-order valence-electron chi connectivity index (χ4n) is 5.63. The summed E-state index contributed by atoms with van der Waals surface area (Å²) in [6.45, 7) is 4.67. The SMILES string of the molecule is Cc1ccccc1-c1ccc([C@@H]2[C@@H](CO)N3CCCCN(C(=O)Nc4ccccc4)C[C@@H]23)cc1. The van der Waals surface area contributed by atoms with Crippen molar-refractivity contribution in [3.63, 3.8) is 0 Å². The van der Waals surface area contributed by atoms with Gasteiger partial charge in [-0.2, -0.15) is 0 Å². The van der Waals surface area contributed by atoms with Gasteiger partial charge in [0.15, 0.2) is 0 Å². The molecule has 2 heterocycles. The van der Waals surface area contributed by atoms with E-state index in [4.69, 9.17) is 0 Å². The van der Waals surface area contributed by atoms with E-state index in [9.17, 15) is 9.90 Å². The zero-order valence-corrected chi connectivity index (χ0v) is 19.7. The van der Waals surface area contributed by atoms with E-state index in [-0.39, 0.29) is 30.6 Å². The molecule has 5 rings (SSSR count). The summed E-state index contributed by atoms with van der Waals surface area (Å²) in [6.07, 6.45) is 2.00. The third-order valence-electron chi connectivity index (χ3n) is 7.43. The molecule has 2 saturated heterocycles. The minimum Gasteiger partial charge on any atom is -0.395 e. The Morgan fingerprint density at radius 1 is 0.941 bits per heavy atom. The molecule has 2 fully saturated rings. The Morgan fingerprint density at radius 2 is 1.65 bits per heavy atom. The van der Waals surface area contributed by atoms with Gasteiger partial charge in [-0.3, -0.25) is 4.90 Å². The summed E-state index contributed by atoms with van der Waals surface area (Å²) in [7, 11) is 0. The largest absolute Gasteiger partial charge is 0.395 e. The summed E-state index contributed by atoms with van der Waals surface area (Å²) < 4.78 is 0. The van der Waals surface area contributed by atoms with Crippen molar-refractivity contribution in [2.75, 3.05) is 31.6 Å². The Bertz CT molecular complexity index is 1120. The first-order chi connectivity index (χ1) is 16.7. The molecule has 34 heavy (non-hydrogen) atoms. The second kappa shape index (κ2) is 10.00. The molecular weight excluding hydrogens is 422 g/mol. The Balaban J connectivity index is 1.36. The molecule has 0 radical (unpaired) electrons. The second-order valence-corrected chi connectivity index (χ2v) is 9.47. The molecular formula is C29H33N3O2. The molecule has 5 nitrogen and oxygen atoms in total. The van der Waals surface area contributed by atoms with Crippen LogP contribution < -0.4 is 5.32 Å². The van der Waals surface area contributed by atoms with E-state index < -0.39 is 0 Å². The fourth-order valence-corrected chi connectivity index (χ4v) is 5.63. The average Bonchev–Trinajstić information content (AvgIpc) is 2.84. The molecule has 3 atom stereocenters. The number of aryl methyl sites for hydroxylation is 1. The number of amides is 2. The number of carbonyl (C=O) groups excluding carboxylic acids is 1. The van der Waals surface area contributed by atoms with Gasteiger partial charge in [0, 0.05) is 36.8 Å². The lowest BCUT2D eigenvalue weighted by Crippen LogP contribution is -2.68. The number of para-hydroxylation sites is 1. The van der Waals surface area contributed by atoms with Crippen LogP contribution in [0.15, 0.2) is 78.9 Å². The third kappa shape index (κ3) is 4.46. The van der Waals surface area contributed by atoms with Crippen molar-refractivity contribution < 1.29 is 9.90 Å². The molecule has 0 spiro atoms. The van der Waals surface area contributed by atoms with Gasteiger partial charge in [0.25, 0.3) is 0 Å². The lowest BCUT2D eigenvalue weighted by atomic mass is 9.74. The number of anilines is 1. The number of urea groups is 1. The van der Waals surface area contributed by atoms with E-state index in [0.717, 1.165) is 31.6 Å². The Kier molecular flexibility index (Phi) is 6.66. The summed E-state index contributed by atoms with van der Waals surface area (Å²) in [4.78, 5) is 17.4. The van der Waals surface area contributed by atoms with Gasteiger partial charge >= 0.3 is 6.03 Å². The van der Waals surface area contributed by atoms with E-state index in [1.54, 1.807) is 0 Å². The minimum absolute atomic E-state index is 0.0471. The highest BCUT2D eigenvalue weighted by Crippen LogP contribution is 2.42. The Labute approximate surface area is 202 Å². The standard InChI is InChI=1S/C29H33N3O2/c1-21-9-5-6-12-25(21)22-13-15-23(16-14-22)28-26-19-31(17-7-8-18-32(26)27(28)20-33)29(34)30-24-10-3-2-4-11-24/h2-6,9-16,26-28,33H,7-8,17-20H2,1H3,(H,30,34)/t26-,27+,28-/m0/s1. The maximum absolute atomic E-state index is 13.1. The molecule has 0 aromatic heterocycles. The Hall–Kier alpha value is -3.15. The molecule has 0 unspecified atom stereocenters. The van der Waals surface area contributed by atoms with Crippen molar-refractivity contribution >= 4 is 11.7 Å². The number of nitrogens with zero attached hydrogens (tertiary/aromatic N) is 2. The number of fused-ring (bicyclic) bond motifs is 1. The number of hydrogen-bond acceptors (Lipinski definition) is 3. The molecule has 0 bridgehead atoms. The maximum Gasteiger partial charge on any atom is 0.321 e. The first-order valence-electron chi connectivity index (χ1n) is 12.3. The minimum atomic E-state index is -0.0471. The topological polar surface area (TPSA) is 55.8 Å². The van der Waals surface area contributed by atoms with Gasteiger partial charge in [-0.1, -0.05) is 66.7 Å². The molecule has 0 aliphatic carbocycles. The van der Waals surface area contributed by atoms with Gasteiger partial charge in [0.2, 0.25) is 0 Å². The van der Waals surface area contributed by atoms with E-state index in [1.807, 2.05) is 35.2 Å². The lowest BCUT2D eigenvalue weighted by Gasteiger charge is -2.57. The molecule has 2 aliphatic rings. The van der Waals surface area contributed by atoms with Gasteiger partial charge < -0.3 is 15.3 Å². The molecule has 176 valence electrons. The van der Waals surface area contributed by atoms with Crippen LogP contribution in [-0.4, -0.2) is 59.3 Å². The van der Waals surface area contributed by atoms with Gasteiger partial charge in [0.05, 0.1) is 6.61 Å². The van der Waals surface area contributed by atoms with Gasteiger partial charge in [-0.15, -0.1) is 0 Å². The van der Waals surface area contributed by atoms with Gasteiger partial charge in [-0.05, 0) is 60.7 Å². The van der Waals surface area contributed by atoms with Crippen LogP contribution in [0, 0.1) is 6.92 Å². The number of rotatable bonds is 4. The van der Waals surface area contributed by atoms with Crippen molar-refractivity contribution in [3.05, 3.63) is 90.0 Å². The normalized spacial score (nSPS) is 22.8. The molecule has 3 aromatic carbocycles. The van der Waals surface area contributed by atoms with E-state index >= 15 is 0 Å². The molecule has 2 aliphatic heterocycles. The fraction of sp³-hybridized carbons (Fsp3) is 0.345. The van der Waals surface area contributed by atoms with Crippen LogP contribution in [-0.2, 0) is 0 Å². The quantitative estimate of drug-likeness (QED) is 0.574. The monoisotopic (exact) mass is 455 g/mol. The van der Waals surface area contributed by atoms with Crippen LogP contribution >= 0.6 is 0 Å². The van der Waals surface area contributed by atoms with E-state index in [0.29, 0.717) is 6.54 Å². The van der Waals surface area contributed by atoms with E-state index in [2.05, 4.69) is 65.7 Å². The van der Waals surface area contributed by atoms with Crippen molar-refractivity contribution in [1.82, 2.24) is 9.80 Å². The zero-order valence-electron chi connectivity index (χ0n) is 19.7. The Morgan fingerprint density at radius 3 is 2.38 bits per heavy atom. The summed E-state index contributed by atoms with van der Waals surface area (Å²) in [5, 5.41) is 13.3. The molecule has 0 saturated carbocycles. The lowest BCUT2D eigenvalue weighted by molar-refractivity contribution is -0.0585. The second-order valence-electron chi connectivity index (χ2n) is 9.47. The highest BCUT2D eigenvalue weighted by Gasteiger charge is 2.49. The van der Waals surface area contributed by atoms with Crippen LogP contribution in [0.1, 0.15) is 29.9 Å². The smallest absolute Gasteiger partial charge is 0.321 e. The first kappa shape index (κ1) is 22.6. The highest BCUT2D eigenvalue weighted by atomic mass is 16.3. The van der Waals surface area contributed by atoms with Crippen LogP contribution in [0.25, 0.3) is 11.1 Å². The summed E-state index contributed by atoms with van der Waals surface area (Å²) in [5.41, 5.74) is 5.77. The van der Waals surface area contributed by atoms with Gasteiger partial charge in [-0.25, -0.2) is 4.79 Å². The number of benzene rings is 3. The molecule has 2 amide bonds. The van der Waals surface area contributed by atoms with Crippen molar-refractivity contribution in [1.29, 1.82) is 0 Å². The van der Waals surface area contributed by atoms with Crippen LogP contribution in [0.2, 0.25) is 0 Å². The third-order valence-corrected chi connectivity index (χ3v) is 7.43. The maximum atomic E-state index is 13.1. The van der Waals surface area contributed by atoms with Crippen LogP contribution in [0.5, 0.6) is 0 Å². The molecule has 3 aromatic rings. The van der Waals surface area contributed by atoms with Crippen LogP contribution in [0.4, 0.5) is 10.5 Å². The van der Waals surface area contributed by atoms with E-state index in [1.165, 1.54) is 22.3 Å². The zero-order chi connectivity index (χ0) is 23.5. The number of carbonyl (C=O) groups is 1. The highest BCUT2D eigenvalue weighted by molar-refractivity contribution is 5.89. The van der Waals surface area contributed by atoms with Crippen molar-refractivity contribution in [2.24, 2.45) is 0 Å². The summed E-state index contributed by atoms with van der Waals surface area (Å²) >= 11 is 0. The summed E-state index contributed by atoms with van der Waals surface area (Å²) in [5.74, 6) is 0.209. The number of aliphatic hydroxyl groups is 1. The number of nitrogens with one attached hydrogen (secondary N) is 1. The average molecular weight is 456 g/mol. The molecule has 2 N–H and O–H groups in total.